The van der Waals surface area contributed by atoms with Gasteiger partial charge >= 0.3 is 0 Å². The quantitative estimate of drug-likeness (QED) is 0.281. The first-order valence-corrected chi connectivity index (χ1v) is 14.6. The van der Waals surface area contributed by atoms with Gasteiger partial charge < -0.3 is 24.8 Å². The van der Waals surface area contributed by atoms with Crippen LogP contribution in [-0.4, -0.2) is 74.4 Å². The molecule has 0 saturated carbocycles. The highest BCUT2D eigenvalue weighted by Gasteiger charge is 2.49. The van der Waals surface area contributed by atoms with Gasteiger partial charge in [-0.25, -0.2) is 19.3 Å². The maximum Gasteiger partial charge on any atom is 0.240 e. The normalized spacial score (nSPS) is 18.8. The number of carbonyl (C=O) groups is 1. The first-order valence-electron chi connectivity index (χ1n) is 14.3. The lowest BCUT2D eigenvalue weighted by Gasteiger charge is -2.36. The zero-order chi connectivity index (χ0) is 31.0. The fourth-order valence-electron chi connectivity index (χ4n) is 5.66. The number of aromatic hydroxyl groups is 1. The lowest BCUT2D eigenvalue weighted by molar-refractivity contribution is -0.119. The van der Waals surface area contributed by atoms with Crippen LogP contribution in [0.3, 0.4) is 0 Å². The summed E-state index contributed by atoms with van der Waals surface area (Å²) in [5, 5.41) is 13.6. The molecule has 1 saturated heterocycles. The van der Waals surface area contributed by atoms with Crippen LogP contribution in [-0.2, 0) is 23.2 Å². The van der Waals surface area contributed by atoms with Gasteiger partial charge in [-0.3, -0.25) is 9.79 Å². The van der Waals surface area contributed by atoms with Gasteiger partial charge in [-0.15, -0.1) is 0 Å². The maximum atomic E-state index is 13.7. The number of benzene rings is 2. The predicted octanol–water partition coefficient (Wildman–Crippen LogP) is 4.51. The molecule has 226 valence electrons. The highest BCUT2D eigenvalue weighted by Crippen LogP contribution is 2.47. The Labute approximate surface area is 259 Å². The molecular formula is C32H32ClFN8O2. The minimum absolute atomic E-state index is 0.105. The minimum atomic E-state index is -1.17. The number of amides is 1. The van der Waals surface area contributed by atoms with E-state index in [1.54, 1.807) is 47.4 Å². The summed E-state index contributed by atoms with van der Waals surface area (Å²) < 4.78 is 15.4. The summed E-state index contributed by atoms with van der Waals surface area (Å²) >= 11 is 6.10. The molecule has 1 unspecified atom stereocenters. The topological polar surface area (TPSA) is 112 Å². The molecule has 1 amide bonds. The number of piperazine rings is 1. The number of imidazole rings is 1. The maximum absolute atomic E-state index is 13.7. The molecule has 0 aliphatic carbocycles. The highest BCUT2D eigenvalue weighted by molar-refractivity contribution is 6.32. The van der Waals surface area contributed by atoms with Gasteiger partial charge in [-0.1, -0.05) is 36.4 Å². The molecule has 2 N–H and O–H groups in total. The predicted molar refractivity (Wildman–Crippen MR) is 169 cm³/mol. The standard InChI is InChI=1S/C32H32ClFN8O2/c1-4-41-12-11-35-29(41)24(17-20-5-8-22(34)9-6-20)36-19-26-37-28-27(30(38-26)42-15-13-40(3)14-16-42)32(2,31(44)39-28)21-7-10-23(33)25(43)18-21/h4-12,18,43H,1,13-17,19H2,2-3H3,(H,37,38,39,44). The molecule has 0 radical (unpaired) electrons. The number of likely N-dealkylation sites (N-methyl/N-ethyl adjacent to an activating group) is 1. The van der Waals surface area contributed by atoms with E-state index >= 15 is 0 Å². The van der Waals surface area contributed by atoms with Gasteiger partial charge in [-0.05, 0) is 49.4 Å². The van der Waals surface area contributed by atoms with Crippen molar-refractivity contribution >= 4 is 41.1 Å². The molecule has 10 nitrogen and oxygen atoms in total. The van der Waals surface area contributed by atoms with Crippen LogP contribution in [0.1, 0.15) is 35.3 Å². The largest absolute Gasteiger partial charge is 0.506 e. The Morgan fingerprint density at radius 1 is 1.18 bits per heavy atom. The smallest absolute Gasteiger partial charge is 0.240 e. The summed E-state index contributed by atoms with van der Waals surface area (Å²) in [5.41, 5.74) is 1.58. The molecule has 0 spiro atoms. The average molecular weight is 615 g/mol. The third-order valence-electron chi connectivity index (χ3n) is 8.27. The Morgan fingerprint density at radius 3 is 2.64 bits per heavy atom. The molecule has 0 bridgehead atoms. The number of phenolic OH excluding ortho intramolecular Hbond substituents is 1. The molecule has 1 atom stereocenters. The van der Waals surface area contributed by atoms with E-state index in [9.17, 15) is 14.3 Å². The van der Waals surface area contributed by atoms with Gasteiger partial charge in [0.1, 0.15) is 28.6 Å². The fourth-order valence-corrected chi connectivity index (χ4v) is 5.78. The number of fused-ring (bicyclic) bond motifs is 1. The van der Waals surface area contributed by atoms with Crippen molar-refractivity contribution in [2.75, 3.05) is 43.4 Å². The highest BCUT2D eigenvalue weighted by atomic mass is 35.5. The van der Waals surface area contributed by atoms with Crippen LogP contribution in [0, 0.1) is 5.82 Å². The SMILES string of the molecule is C=Cn1ccnc1C(Cc1ccc(F)cc1)=NCc1nc2c(c(N3CCN(C)CC3)n1)C(C)(c1ccc(Cl)c(O)c1)C(=O)N2. The number of halogens is 2. The molecule has 2 aromatic carbocycles. The van der Waals surface area contributed by atoms with E-state index in [-0.39, 0.29) is 29.0 Å². The second kappa shape index (κ2) is 11.8. The number of hydrogen-bond acceptors (Lipinski definition) is 8. The zero-order valence-electron chi connectivity index (χ0n) is 24.5. The summed E-state index contributed by atoms with van der Waals surface area (Å²) in [5.74, 6) is 1.40. The first-order chi connectivity index (χ1) is 21.2. The van der Waals surface area contributed by atoms with Gasteiger partial charge in [-0.2, -0.15) is 0 Å². The van der Waals surface area contributed by atoms with Crippen LogP contribution in [0.25, 0.3) is 6.20 Å². The van der Waals surface area contributed by atoms with Crippen molar-refractivity contribution in [3.05, 3.63) is 101 Å². The van der Waals surface area contributed by atoms with Crippen molar-refractivity contribution in [2.45, 2.75) is 25.3 Å². The van der Waals surface area contributed by atoms with Gasteiger partial charge in [0, 0.05) is 51.2 Å². The van der Waals surface area contributed by atoms with Gasteiger partial charge in [0.25, 0.3) is 0 Å². The number of aromatic nitrogens is 4. The molecular weight excluding hydrogens is 583 g/mol. The van der Waals surface area contributed by atoms with Crippen LogP contribution < -0.4 is 10.2 Å². The van der Waals surface area contributed by atoms with E-state index in [2.05, 4.69) is 33.7 Å². The van der Waals surface area contributed by atoms with Crippen molar-refractivity contribution in [2.24, 2.45) is 4.99 Å². The van der Waals surface area contributed by atoms with Gasteiger partial charge in [0.2, 0.25) is 5.91 Å². The number of anilines is 2. The number of nitrogens with zero attached hydrogens (tertiary/aromatic N) is 7. The monoisotopic (exact) mass is 614 g/mol. The summed E-state index contributed by atoms with van der Waals surface area (Å²) in [6, 6.07) is 11.1. The second-order valence-corrected chi connectivity index (χ2v) is 11.5. The van der Waals surface area contributed by atoms with Crippen LogP contribution in [0.15, 0.2) is 66.4 Å². The lowest BCUT2D eigenvalue weighted by atomic mass is 9.77. The number of aliphatic imine (C=N–C) groups is 1. The van der Waals surface area contributed by atoms with Crippen LogP contribution in [0.4, 0.5) is 16.0 Å². The fraction of sp³-hybridized carbons (Fsp3) is 0.281. The van der Waals surface area contributed by atoms with E-state index < -0.39 is 5.41 Å². The van der Waals surface area contributed by atoms with Crippen LogP contribution >= 0.6 is 11.6 Å². The number of hydrogen-bond donors (Lipinski definition) is 2. The van der Waals surface area contributed by atoms with Crippen molar-refractivity contribution in [1.29, 1.82) is 0 Å². The number of phenols is 1. The first kappa shape index (κ1) is 29.5. The van der Waals surface area contributed by atoms with E-state index in [0.717, 1.165) is 18.7 Å². The molecule has 6 rings (SSSR count). The van der Waals surface area contributed by atoms with Crippen molar-refractivity contribution in [1.82, 2.24) is 24.4 Å². The third kappa shape index (κ3) is 5.44. The second-order valence-electron chi connectivity index (χ2n) is 11.1. The van der Waals surface area contributed by atoms with E-state index in [1.165, 1.54) is 18.2 Å². The molecule has 12 heteroatoms. The Kier molecular flexibility index (Phi) is 7.91. The summed E-state index contributed by atoms with van der Waals surface area (Å²) in [6.45, 7) is 8.89. The zero-order valence-corrected chi connectivity index (χ0v) is 25.2. The van der Waals surface area contributed by atoms with E-state index in [0.29, 0.717) is 59.6 Å². The number of rotatable bonds is 8. The molecule has 2 aliphatic rings. The third-order valence-corrected chi connectivity index (χ3v) is 8.59. The Hall–Kier alpha value is -4.61. The molecule has 4 heterocycles. The molecule has 2 aromatic heterocycles. The summed E-state index contributed by atoms with van der Waals surface area (Å²) in [4.78, 5) is 37.3. The summed E-state index contributed by atoms with van der Waals surface area (Å²) in [6.07, 6.45) is 5.49. The Balaban J connectivity index is 1.44. The number of carbonyl (C=O) groups excluding carboxylic acids is 1. The van der Waals surface area contributed by atoms with Crippen LogP contribution in [0.2, 0.25) is 5.02 Å². The van der Waals surface area contributed by atoms with Crippen molar-refractivity contribution < 1.29 is 14.3 Å². The van der Waals surface area contributed by atoms with E-state index in [1.807, 2.05) is 6.92 Å². The van der Waals surface area contributed by atoms with Gasteiger partial charge in [0.05, 0.1) is 22.8 Å². The molecule has 2 aliphatic heterocycles. The van der Waals surface area contributed by atoms with Crippen molar-refractivity contribution in [3.63, 3.8) is 0 Å². The Morgan fingerprint density at radius 2 is 1.93 bits per heavy atom. The average Bonchev–Trinajstić information content (AvgIpc) is 3.60. The van der Waals surface area contributed by atoms with Crippen molar-refractivity contribution in [3.8, 4) is 5.75 Å². The van der Waals surface area contributed by atoms with Gasteiger partial charge in [0.15, 0.2) is 11.6 Å². The summed E-state index contributed by atoms with van der Waals surface area (Å²) in [7, 11) is 2.07. The van der Waals surface area contributed by atoms with E-state index in [4.69, 9.17) is 26.6 Å². The molecule has 4 aromatic rings. The molecule has 44 heavy (non-hydrogen) atoms. The minimum Gasteiger partial charge on any atom is -0.506 e. The number of nitrogens with one attached hydrogen (secondary N) is 1. The lowest BCUT2D eigenvalue weighted by Crippen LogP contribution is -2.46. The Bertz CT molecular complexity index is 1760. The van der Waals surface area contributed by atoms with Crippen LogP contribution in [0.5, 0.6) is 5.75 Å². The molecule has 1 fully saturated rings.